The maximum Gasteiger partial charge on any atom is 0.237 e. The Morgan fingerprint density at radius 3 is 2.42 bits per heavy atom. The molecule has 0 aliphatic rings. The Morgan fingerprint density at radius 1 is 1.47 bits per heavy atom. The molecule has 0 aromatic rings. The van der Waals surface area contributed by atoms with E-state index in [0.29, 0.717) is 6.54 Å². The van der Waals surface area contributed by atoms with Crippen LogP contribution in [0, 0.1) is 0 Å². The van der Waals surface area contributed by atoms with Gasteiger partial charge in [0.15, 0.2) is 0 Å². The molecular formula is C11H25N3O4S. The van der Waals surface area contributed by atoms with Crippen LogP contribution in [0.5, 0.6) is 0 Å². The normalized spacial score (nSPS) is 17.0. The lowest BCUT2D eigenvalue weighted by molar-refractivity contribution is -0.123. The lowest BCUT2D eigenvalue weighted by Gasteiger charge is -2.27. The number of carbonyl (C=O) groups excluding carboxylic acids is 1. The van der Waals surface area contributed by atoms with Gasteiger partial charge in [-0.25, -0.2) is 8.42 Å². The Kier molecular flexibility index (Phi) is 6.92. The Labute approximate surface area is 115 Å². The first-order valence-electron chi connectivity index (χ1n) is 6.01. The summed E-state index contributed by atoms with van der Waals surface area (Å²) < 4.78 is 21.9. The number of aliphatic hydroxyl groups is 1. The van der Waals surface area contributed by atoms with Crippen LogP contribution in [0.4, 0.5) is 0 Å². The summed E-state index contributed by atoms with van der Waals surface area (Å²) in [7, 11) is 0.499. The number of hydrogen-bond donors (Lipinski definition) is 3. The summed E-state index contributed by atoms with van der Waals surface area (Å²) in [6.07, 6.45) is 1.17. The quantitative estimate of drug-likeness (QED) is 0.486. The summed E-state index contributed by atoms with van der Waals surface area (Å²) in [5, 5.41) is 12.5. The molecule has 114 valence electrons. The molecule has 0 radical (unpaired) electrons. The molecular weight excluding hydrogens is 270 g/mol. The van der Waals surface area contributed by atoms with E-state index in [1.807, 2.05) is 14.1 Å². The van der Waals surface area contributed by atoms with Crippen LogP contribution >= 0.6 is 0 Å². The average molecular weight is 295 g/mol. The van der Waals surface area contributed by atoms with Crippen molar-refractivity contribution in [3.05, 3.63) is 0 Å². The number of nitrogens with one attached hydrogen (secondary N) is 1. The van der Waals surface area contributed by atoms with E-state index in [1.165, 1.54) is 0 Å². The smallest absolute Gasteiger partial charge is 0.237 e. The van der Waals surface area contributed by atoms with Crippen molar-refractivity contribution in [3.8, 4) is 0 Å². The highest BCUT2D eigenvalue weighted by Crippen LogP contribution is 2.03. The average Bonchev–Trinajstić information content (AvgIpc) is 2.19. The largest absolute Gasteiger partial charge is 0.387 e. The number of carbonyl (C=O) groups is 1. The van der Waals surface area contributed by atoms with Crippen LogP contribution in [0.25, 0.3) is 0 Å². The first-order valence-corrected chi connectivity index (χ1v) is 8.07. The van der Waals surface area contributed by atoms with Gasteiger partial charge in [0.25, 0.3) is 0 Å². The molecule has 1 amide bonds. The van der Waals surface area contributed by atoms with Gasteiger partial charge in [-0.1, -0.05) is 0 Å². The van der Waals surface area contributed by atoms with Gasteiger partial charge in [-0.05, 0) is 27.4 Å². The van der Waals surface area contributed by atoms with Crippen LogP contribution in [0.2, 0.25) is 0 Å². The third kappa shape index (κ3) is 9.83. The van der Waals surface area contributed by atoms with Gasteiger partial charge in [0.05, 0.1) is 17.4 Å². The summed E-state index contributed by atoms with van der Waals surface area (Å²) in [6.45, 7) is 2.07. The number of rotatable bonds is 8. The molecule has 0 aliphatic heterocycles. The Morgan fingerprint density at radius 2 is 2.00 bits per heavy atom. The molecule has 0 aliphatic carbocycles. The number of amides is 1. The van der Waals surface area contributed by atoms with Crippen LogP contribution in [0.3, 0.4) is 0 Å². The zero-order valence-electron chi connectivity index (χ0n) is 12.0. The highest BCUT2D eigenvalue weighted by Gasteiger charge is 2.24. The number of hydrogen-bond acceptors (Lipinski definition) is 6. The lowest BCUT2D eigenvalue weighted by Crippen LogP contribution is -2.50. The highest BCUT2D eigenvalue weighted by molar-refractivity contribution is 7.90. The molecule has 0 fully saturated rings. The van der Waals surface area contributed by atoms with E-state index >= 15 is 0 Å². The zero-order chi connectivity index (χ0) is 15.3. The van der Waals surface area contributed by atoms with Crippen molar-refractivity contribution in [3.63, 3.8) is 0 Å². The minimum Gasteiger partial charge on any atom is -0.387 e. The summed E-state index contributed by atoms with van der Waals surface area (Å²) in [5.74, 6) is -0.585. The van der Waals surface area contributed by atoms with Crippen LogP contribution in [0.15, 0.2) is 0 Å². The molecule has 2 atom stereocenters. The van der Waals surface area contributed by atoms with Crippen LogP contribution in [-0.4, -0.2) is 75.2 Å². The fourth-order valence-electron chi connectivity index (χ4n) is 1.62. The second kappa shape index (κ2) is 7.18. The minimum absolute atomic E-state index is 0.0661. The fraction of sp³-hybridized carbons (Fsp3) is 0.909. The van der Waals surface area contributed by atoms with E-state index in [2.05, 4.69) is 5.32 Å². The van der Waals surface area contributed by atoms with E-state index in [-0.39, 0.29) is 18.7 Å². The minimum atomic E-state index is -3.13. The maximum absolute atomic E-state index is 11.6. The van der Waals surface area contributed by atoms with Gasteiger partial charge in [-0.3, -0.25) is 4.79 Å². The fourth-order valence-corrected chi connectivity index (χ4v) is 2.30. The highest BCUT2D eigenvalue weighted by atomic mass is 32.2. The zero-order valence-corrected chi connectivity index (χ0v) is 12.8. The summed E-state index contributed by atoms with van der Waals surface area (Å²) >= 11 is 0. The Hall–Kier alpha value is -0.700. The van der Waals surface area contributed by atoms with Crippen molar-refractivity contribution in [1.29, 1.82) is 0 Å². The van der Waals surface area contributed by atoms with Crippen molar-refractivity contribution >= 4 is 15.7 Å². The van der Waals surface area contributed by atoms with Crippen molar-refractivity contribution in [1.82, 2.24) is 10.2 Å². The molecule has 0 rings (SSSR count). The second-order valence-electron chi connectivity index (χ2n) is 5.48. The SMILES string of the molecule is CN(C)CC(C)(O)CNC(=O)C(N)CCS(C)(=O)=O. The molecule has 2 unspecified atom stereocenters. The van der Waals surface area contributed by atoms with Gasteiger partial charge in [0.2, 0.25) is 5.91 Å². The Balaban J connectivity index is 4.17. The number of sulfone groups is 1. The lowest BCUT2D eigenvalue weighted by atomic mass is 10.1. The van der Waals surface area contributed by atoms with Gasteiger partial charge in [-0.2, -0.15) is 0 Å². The summed E-state index contributed by atoms with van der Waals surface area (Å²) in [6, 6.07) is -0.884. The first-order chi connectivity index (χ1) is 8.43. The molecule has 0 heterocycles. The van der Waals surface area contributed by atoms with Crippen molar-refractivity contribution < 1.29 is 18.3 Å². The van der Waals surface area contributed by atoms with Gasteiger partial charge in [0, 0.05) is 19.3 Å². The van der Waals surface area contributed by atoms with Crippen molar-refractivity contribution in [2.45, 2.75) is 25.0 Å². The molecule has 4 N–H and O–H groups in total. The van der Waals surface area contributed by atoms with Gasteiger partial charge < -0.3 is 21.1 Å². The number of nitrogens with two attached hydrogens (primary N) is 1. The van der Waals surface area contributed by atoms with E-state index in [1.54, 1.807) is 11.8 Å². The molecule has 0 spiro atoms. The topological polar surface area (TPSA) is 113 Å². The molecule has 8 heteroatoms. The molecule has 0 saturated carbocycles. The summed E-state index contributed by atoms with van der Waals surface area (Å²) in [4.78, 5) is 13.4. The Bertz CT molecular complexity index is 393. The molecule has 0 saturated heterocycles. The van der Waals surface area contributed by atoms with Crippen LogP contribution in [-0.2, 0) is 14.6 Å². The van der Waals surface area contributed by atoms with E-state index < -0.39 is 27.4 Å². The molecule has 0 aromatic carbocycles. The standard InChI is InChI=1S/C11H25N3O4S/c1-11(16,8-14(2)3)7-13-10(15)9(12)5-6-19(4,17)18/h9,16H,5-8,12H2,1-4H3,(H,13,15). The molecule has 0 bridgehead atoms. The van der Waals surface area contributed by atoms with Crippen LogP contribution in [0.1, 0.15) is 13.3 Å². The van der Waals surface area contributed by atoms with Crippen LogP contribution < -0.4 is 11.1 Å². The second-order valence-corrected chi connectivity index (χ2v) is 7.74. The monoisotopic (exact) mass is 295 g/mol. The van der Waals surface area contributed by atoms with Crippen molar-refractivity contribution in [2.24, 2.45) is 5.73 Å². The van der Waals surface area contributed by atoms with E-state index in [4.69, 9.17) is 5.73 Å². The predicted molar refractivity (Wildman–Crippen MR) is 74.5 cm³/mol. The van der Waals surface area contributed by atoms with Crippen molar-refractivity contribution in [2.75, 3.05) is 39.2 Å². The van der Waals surface area contributed by atoms with E-state index in [9.17, 15) is 18.3 Å². The molecule has 19 heavy (non-hydrogen) atoms. The first kappa shape index (κ1) is 18.3. The maximum atomic E-state index is 11.6. The number of likely N-dealkylation sites (N-methyl/N-ethyl adjacent to an activating group) is 1. The third-order valence-corrected chi connectivity index (χ3v) is 3.41. The van der Waals surface area contributed by atoms with Gasteiger partial charge in [-0.15, -0.1) is 0 Å². The third-order valence-electron chi connectivity index (χ3n) is 2.44. The van der Waals surface area contributed by atoms with Gasteiger partial charge in [0.1, 0.15) is 9.84 Å². The molecule has 7 nitrogen and oxygen atoms in total. The van der Waals surface area contributed by atoms with Gasteiger partial charge >= 0.3 is 0 Å². The summed E-state index contributed by atoms with van der Waals surface area (Å²) in [5.41, 5.74) is 4.53. The van der Waals surface area contributed by atoms with E-state index in [0.717, 1.165) is 6.26 Å². The number of nitrogens with zero attached hydrogens (tertiary/aromatic N) is 1. The molecule has 0 aromatic heterocycles. The predicted octanol–water partition coefficient (Wildman–Crippen LogP) is -1.82.